The molecule has 0 spiro atoms. The molecule has 5 heterocycles. The third-order valence-electron chi connectivity index (χ3n) is 7.42. The maximum atomic E-state index is 14.7. The number of rotatable bonds is 6. The van der Waals surface area contributed by atoms with Gasteiger partial charge in [0.25, 0.3) is 11.7 Å². The fourth-order valence-electron chi connectivity index (χ4n) is 5.25. The highest BCUT2D eigenvalue weighted by Gasteiger charge is 2.40. The van der Waals surface area contributed by atoms with E-state index in [-0.39, 0.29) is 30.6 Å². The quantitative estimate of drug-likeness (QED) is 0.296. The molecule has 14 nitrogen and oxygen atoms in total. The van der Waals surface area contributed by atoms with E-state index in [2.05, 4.69) is 35.7 Å². The minimum Gasteiger partial charge on any atom is -0.364 e. The number of amides is 3. The molecular weight excluding hydrogens is 569 g/mol. The molecule has 0 bridgehead atoms. The molecule has 226 valence electrons. The van der Waals surface area contributed by atoms with Gasteiger partial charge < -0.3 is 16.0 Å². The standard InChI is InChI=1S/C29H30FN11O3/c1-15-9-22(41-28(34-15)36-27(38-41)29(2,3)4)35-26(44)21-11-18(30)13-39(21)23(42)14-40-20-6-5-16(17-7-8-32-33-12-17)10-19(20)24(37-40)25(31)43/h5-10,12,18,21H,11,13-14H2,1-4H3,(H2,31,43)(H,35,44)/t18-,21+/m1/s1. The molecule has 1 aromatic carbocycles. The normalized spacial score (nSPS) is 17.0. The minimum atomic E-state index is -1.40. The van der Waals surface area contributed by atoms with Gasteiger partial charge in [-0.15, -0.1) is 5.10 Å². The molecule has 1 aliphatic rings. The second kappa shape index (κ2) is 10.7. The van der Waals surface area contributed by atoms with Gasteiger partial charge in [0.15, 0.2) is 11.5 Å². The largest absolute Gasteiger partial charge is 0.364 e. The molecule has 0 aliphatic carbocycles. The number of primary amides is 1. The Labute approximate surface area is 250 Å². The number of hydrogen-bond donors (Lipinski definition) is 2. The Hall–Kier alpha value is -5.34. The molecular formula is C29H30FN11O3. The summed E-state index contributed by atoms with van der Waals surface area (Å²) in [6.07, 6.45) is 1.55. The van der Waals surface area contributed by atoms with E-state index in [1.165, 1.54) is 14.1 Å². The zero-order chi connectivity index (χ0) is 31.3. The van der Waals surface area contributed by atoms with Gasteiger partial charge in [0, 0.05) is 34.5 Å². The lowest BCUT2D eigenvalue weighted by Gasteiger charge is -2.24. The Morgan fingerprint density at radius 2 is 1.86 bits per heavy atom. The van der Waals surface area contributed by atoms with Crippen LogP contribution in [0.1, 0.15) is 49.2 Å². The molecule has 5 aromatic rings. The first-order valence-corrected chi connectivity index (χ1v) is 14.0. The summed E-state index contributed by atoms with van der Waals surface area (Å²) < 4.78 is 17.5. The van der Waals surface area contributed by atoms with E-state index in [1.54, 1.807) is 49.6 Å². The molecule has 6 rings (SSSR count). The Kier molecular flexibility index (Phi) is 7.02. The van der Waals surface area contributed by atoms with Crippen LogP contribution in [0.5, 0.6) is 0 Å². The van der Waals surface area contributed by atoms with E-state index in [4.69, 9.17) is 5.73 Å². The summed E-state index contributed by atoms with van der Waals surface area (Å²) in [6, 6.07) is 7.56. The first-order valence-electron chi connectivity index (χ1n) is 14.0. The summed E-state index contributed by atoms with van der Waals surface area (Å²) in [7, 11) is 0. The van der Waals surface area contributed by atoms with Crippen molar-refractivity contribution in [1.82, 2.24) is 44.5 Å². The van der Waals surface area contributed by atoms with E-state index < -0.39 is 29.9 Å². The molecule has 3 N–H and O–H groups in total. The topological polar surface area (TPSA) is 179 Å². The molecule has 1 saturated heterocycles. The summed E-state index contributed by atoms with van der Waals surface area (Å²) in [4.78, 5) is 49.4. The van der Waals surface area contributed by atoms with Crippen molar-refractivity contribution in [2.24, 2.45) is 5.73 Å². The molecule has 0 saturated carbocycles. The first kappa shape index (κ1) is 28.8. The van der Waals surface area contributed by atoms with Crippen LogP contribution in [0.4, 0.5) is 10.2 Å². The molecule has 3 amide bonds. The third-order valence-corrected chi connectivity index (χ3v) is 7.42. The van der Waals surface area contributed by atoms with Crippen molar-refractivity contribution in [3.05, 3.63) is 59.9 Å². The molecule has 44 heavy (non-hydrogen) atoms. The van der Waals surface area contributed by atoms with Crippen LogP contribution in [-0.4, -0.2) is 80.9 Å². The zero-order valence-corrected chi connectivity index (χ0v) is 24.5. The van der Waals surface area contributed by atoms with Crippen molar-refractivity contribution >= 4 is 40.2 Å². The number of alkyl halides is 1. The number of halogens is 1. The molecule has 0 radical (unpaired) electrons. The summed E-state index contributed by atoms with van der Waals surface area (Å²) in [5, 5.41) is 19.7. The number of nitrogens with two attached hydrogens (primary N) is 1. The average Bonchev–Trinajstić information content (AvgIpc) is 3.68. The van der Waals surface area contributed by atoms with Crippen LogP contribution < -0.4 is 11.1 Å². The Bertz CT molecular complexity index is 1930. The number of aryl methyl sites for hydroxylation is 1. The number of aromatic nitrogens is 8. The number of likely N-dealkylation sites (tertiary alicyclic amines) is 1. The van der Waals surface area contributed by atoms with Crippen molar-refractivity contribution < 1.29 is 18.8 Å². The van der Waals surface area contributed by atoms with Gasteiger partial charge >= 0.3 is 0 Å². The van der Waals surface area contributed by atoms with Crippen LogP contribution in [0.25, 0.3) is 27.8 Å². The SMILES string of the molecule is Cc1cc(NC(=O)[C@@H]2C[C@@H](F)CN2C(=O)Cn2nc(C(N)=O)c3cc(-c4ccnnc4)ccc32)n2nc(C(C)(C)C)nc2n1. The predicted molar refractivity (Wildman–Crippen MR) is 157 cm³/mol. The van der Waals surface area contributed by atoms with Gasteiger partial charge in [-0.25, -0.2) is 9.37 Å². The van der Waals surface area contributed by atoms with E-state index in [0.29, 0.717) is 34.0 Å². The van der Waals surface area contributed by atoms with Crippen LogP contribution in [0, 0.1) is 6.92 Å². The van der Waals surface area contributed by atoms with Gasteiger partial charge in [0.05, 0.1) is 24.5 Å². The second-order valence-corrected chi connectivity index (χ2v) is 11.8. The zero-order valence-electron chi connectivity index (χ0n) is 24.5. The van der Waals surface area contributed by atoms with Crippen LogP contribution >= 0.6 is 0 Å². The summed E-state index contributed by atoms with van der Waals surface area (Å²) >= 11 is 0. The van der Waals surface area contributed by atoms with Gasteiger partial charge in [-0.2, -0.15) is 24.8 Å². The van der Waals surface area contributed by atoms with E-state index >= 15 is 0 Å². The fraction of sp³-hybridized carbons (Fsp3) is 0.345. The van der Waals surface area contributed by atoms with Gasteiger partial charge in [0.2, 0.25) is 11.8 Å². The number of hydrogen-bond acceptors (Lipinski definition) is 9. The van der Waals surface area contributed by atoms with Gasteiger partial charge in [-0.1, -0.05) is 26.8 Å². The highest BCUT2D eigenvalue weighted by atomic mass is 19.1. The average molecular weight is 600 g/mol. The number of nitrogens with zero attached hydrogens (tertiary/aromatic N) is 9. The number of anilines is 1. The van der Waals surface area contributed by atoms with Crippen LogP contribution in [-0.2, 0) is 21.5 Å². The van der Waals surface area contributed by atoms with Crippen LogP contribution in [0.2, 0.25) is 0 Å². The molecule has 15 heteroatoms. The number of nitrogens with one attached hydrogen (secondary N) is 1. The van der Waals surface area contributed by atoms with Crippen molar-refractivity contribution in [2.45, 2.75) is 58.3 Å². The molecule has 2 atom stereocenters. The highest BCUT2D eigenvalue weighted by Crippen LogP contribution is 2.28. The monoisotopic (exact) mass is 599 g/mol. The van der Waals surface area contributed by atoms with Crippen LogP contribution in [0.15, 0.2) is 42.7 Å². The van der Waals surface area contributed by atoms with Crippen molar-refractivity contribution in [3.63, 3.8) is 0 Å². The second-order valence-electron chi connectivity index (χ2n) is 11.8. The summed E-state index contributed by atoms with van der Waals surface area (Å²) in [6.45, 7) is 7.04. The summed E-state index contributed by atoms with van der Waals surface area (Å²) in [5.41, 5.74) is 7.83. The lowest BCUT2D eigenvalue weighted by atomic mass is 9.96. The van der Waals surface area contributed by atoms with Crippen molar-refractivity contribution in [2.75, 3.05) is 11.9 Å². The maximum absolute atomic E-state index is 14.7. The molecule has 4 aromatic heterocycles. The van der Waals surface area contributed by atoms with Crippen molar-refractivity contribution in [3.8, 4) is 11.1 Å². The lowest BCUT2D eigenvalue weighted by molar-refractivity contribution is -0.137. The summed E-state index contributed by atoms with van der Waals surface area (Å²) in [5.74, 6) is -0.724. The van der Waals surface area contributed by atoms with Gasteiger partial charge in [0.1, 0.15) is 24.6 Å². The molecule has 1 fully saturated rings. The van der Waals surface area contributed by atoms with Gasteiger partial charge in [-0.05, 0) is 30.7 Å². The number of benzene rings is 1. The Balaban J connectivity index is 1.27. The fourth-order valence-corrected chi connectivity index (χ4v) is 5.25. The van der Waals surface area contributed by atoms with E-state index in [1.807, 2.05) is 20.8 Å². The smallest absolute Gasteiger partial charge is 0.269 e. The predicted octanol–water partition coefficient (Wildman–Crippen LogP) is 2.21. The third kappa shape index (κ3) is 5.31. The Morgan fingerprint density at radius 3 is 2.57 bits per heavy atom. The lowest BCUT2D eigenvalue weighted by Crippen LogP contribution is -2.44. The van der Waals surface area contributed by atoms with Crippen LogP contribution in [0.3, 0.4) is 0 Å². The molecule has 1 aliphatic heterocycles. The van der Waals surface area contributed by atoms with E-state index in [0.717, 1.165) is 11.1 Å². The van der Waals surface area contributed by atoms with Crippen molar-refractivity contribution in [1.29, 1.82) is 0 Å². The molecule has 0 unspecified atom stereocenters. The number of carbonyl (C=O) groups excluding carboxylic acids is 3. The first-order chi connectivity index (χ1) is 20.9. The highest BCUT2D eigenvalue weighted by molar-refractivity contribution is 6.05. The number of carbonyl (C=O) groups is 3. The Morgan fingerprint density at radius 1 is 1.07 bits per heavy atom. The minimum absolute atomic E-state index is 0.0183. The van der Waals surface area contributed by atoms with Gasteiger partial charge in [-0.3, -0.25) is 19.1 Å². The maximum Gasteiger partial charge on any atom is 0.269 e. The van der Waals surface area contributed by atoms with E-state index in [9.17, 15) is 18.8 Å². The number of fused-ring (bicyclic) bond motifs is 2.